The molecule has 8 heteroatoms. The lowest BCUT2D eigenvalue weighted by Gasteiger charge is -2.10. The van der Waals surface area contributed by atoms with E-state index < -0.39 is 10.0 Å². The number of rotatable bonds is 4. The first-order valence-electron chi connectivity index (χ1n) is 5.69. The molecule has 1 aromatic heterocycles. The van der Waals surface area contributed by atoms with Crippen LogP contribution in [0.5, 0.6) is 5.75 Å². The summed E-state index contributed by atoms with van der Waals surface area (Å²) in [7, 11) is -2.38. The van der Waals surface area contributed by atoms with Crippen LogP contribution in [0, 0.1) is 11.3 Å². The Bertz CT molecular complexity index is 816. The van der Waals surface area contributed by atoms with Crippen molar-refractivity contribution in [1.29, 1.82) is 5.26 Å². The molecule has 0 saturated carbocycles. The number of benzene rings is 1. The lowest BCUT2D eigenvalue weighted by atomic mass is 10.3. The summed E-state index contributed by atoms with van der Waals surface area (Å²) in [5, 5.41) is 8.93. The first-order chi connectivity index (χ1) is 9.97. The van der Waals surface area contributed by atoms with Crippen molar-refractivity contribution in [2.45, 2.75) is 4.90 Å². The van der Waals surface area contributed by atoms with Gasteiger partial charge in [-0.05, 0) is 46.3 Å². The van der Waals surface area contributed by atoms with Crippen molar-refractivity contribution in [3.8, 4) is 11.8 Å². The quantitative estimate of drug-likeness (QED) is 0.895. The molecule has 1 N–H and O–H groups in total. The van der Waals surface area contributed by atoms with Crippen molar-refractivity contribution < 1.29 is 13.2 Å². The third kappa shape index (κ3) is 3.32. The molecule has 108 valence electrons. The van der Waals surface area contributed by atoms with Crippen molar-refractivity contribution in [3.05, 3.63) is 46.7 Å². The average Bonchev–Trinajstić information content (AvgIpc) is 2.47. The summed E-state index contributed by atoms with van der Waals surface area (Å²) in [6, 6.07) is 9.29. The number of methoxy groups -OCH3 is 1. The van der Waals surface area contributed by atoms with E-state index in [-0.39, 0.29) is 10.6 Å². The summed E-state index contributed by atoms with van der Waals surface area (Å²) in [5.74, 6) is 0.581. The van der Waals surface area contributed by atoms with Crippen LogP contribution in [0.25, 0.3) is 0 Å². The standard InChI is InChI=1S/C13H10BrN3O3S/c1-20-12-5-4-9(7-10(12)14)17-21(18,19)13-3-2-6-16-11(13)8-15/h2-7,17H,1H3. The van der Waals surface area contributed by atoms with Crippen LogP contribution in [0.4, 0.5) is 5.69 Å². The summed E-state index contributed by atoms with van der Waals surface area (Å²) in [4.78, 5) is 3.57. The van der Waals surface area contributed by atoms with Crippen LogP contribution in [0.3, 0.4) is 0 Å². The molecule has 6 nitrogen and oxygen atoms in total. The Balaban J connectivity index is 2.38. The Morgan fingerprint density at radius 3 is 2.76 bits per heavy atom. The number of anilines is 1. The predicted octanol–water partition coefficient (Wildman–Crippen LogP) is 2.53. The van der Waals surface area contributed by atoms with Gasteiger partial charge in [-0.25, -0.2) is 13.4 Å². The zero-order valence-corrected chi connectivity index (χ0v) is 13.3. The van der Waals surface area contributed by atoms with E-state index in [9.17, 15) is 8.42 Å². The van der Waals surface area contributed by atoms with E-state index in [1.54, 1.807) is 24.3 Å². The second-order valence-electron chi connectivity index (χ2n) is 3.92. The number of aromatic nitrogens is 1. The van der Waals surface area contributed by atoms with Crippen LogP contribution >= 0.6 is 15.9 Å². The van der Waals surface area contributed by atoms with Gasteiger partial charge in [-0.2, -0.15) is 5.26 Å². The van der Waals surface area contributed by atoms with Crippen LogP contribution in [-0.2, 0) is 10.0 Å². The number of sulfonamides is 1. The number of hydrogen-bond acceptors (Lipinski definition) is 5. The van der Waals surface area contributed by atoms with Crippen molar-refractivity contribution in [2.75, 3.05) is 11.8 Å². The second-order valence-corrected chi connectivity index (χ2v) is 6.42. The molecule has 0 aliphatic carbocycles. The van der Waals surface area contributed by atoms with Crippen LogP contribution in [0.15, 0.2) is 45.9 Å². The fraction of sp³-hybridized carbons (Fsp3) is 0.0769. The minimum atomic E-state index is -3.89. The summed E-state index contributed by atoms with van der Waals surface area (Å²) in [5.41, 5.74) is 0.188. The molecule has 0 atom stereocenters. The summed E-state index contributed by atoms with van der Waals surface area (Å²) in [6.45, 7) is 0. The van der Waals surface area contributed by atoms with E-state index in [2.05, 4.69) is 25.6 Å². The molecule has 21 heavy (non-hydrogen) atoms. The van der Waals surface area contributed by atoms with E-state index >= 15 is 0 Å². The van der Waals surface area contributed by atoms with Gasteiger partial charge in [-0.1, -0.05) is 0 Å². The Kier molecular flexibility index (Phi) is 4.45. The molecule has 2 aromatic rings. The van der Waals surface area contributed by atoms with Gasteiger partial charge in [0, 0.05) is 6.20 Å². The summed E-state index contributed by atoms with van der Waals surface area (Å²) >= 11 is 3.27. The third-order valence-corrected chi connectivity index (χ3v) is 4.60. The van der Waals surface area contributed by atoms with Gasteiger partial charge >= 0.3 is 0 Å². The Hall–Kier alpha value is -2.11. The first kappa shape index (κ1) is 15.3. The second kappa shape index (κ2) is 6.11. The molecule has 0 unspecified atom stereocenters. The normalized spacial score (nSPS) is 10.7. The number of nitrogens with one attached hydrogen (secondary N) is 1. The van der Waals surface area contributed by atoms with Gasteiger partial charge in [0.2, 0.25) is 0 Å². The van der Waals surface area contributed by atoms with Crippen molar-refractivity contribution >= 4 is 31.6 Å². The number of pyridine rings is 1. The highest BCUT2D eigenvalue weighted by molar-refractivity contribution is 9.10. The molecule has 1 heterocycles. The topological polar surface area (TPSA) is 92.1 Å². The van der Waals surface area contributed by atoms with Gasteiger partial charge in [0.1, 0.15) is 16.7 Å². The van der Waals surface area contributed by atoms with E-state index in [0.717, 1.165) is 0 Å². The summed E-state index contributed by atoms with van der Waals surface area (Å²) in [6.07, 6.45) is 1.36. The summed E-state index contributed by atoms with van der Waals surface area (Å²) < 4.78 is 32.7. The molecule has 0 fully saturated rings. The molecule has 0 aliphatic rings. The van der Waals surface area contributed by atoms with Crippen molar-refractivity contribution in [2.24, 2.45) is 0 Å². The smallest absolute Gasteiger partial charge is 0.264 e. The fourth-order valence-corrected chi connectivity index (χ4v) is 3.33. The highest BCUT2D eigenvalue weighted by Gasteiger charge is 2.19. The third-order valence-electron chi connectivity index (χ3n) is 2.57. The lowest BCUT2D eigenvalue weighted by Crippen LogP contribution is -2.15. The van der Waals surface area contributed by atoms with Gasteiger partial charge in [-0.15, -0.1) is 0 Å². The van der Waals surface area contributed by atoms with E-state index in [0.29, 0.717) is 15.9 Å². The van der Waals surface area contributed by atoms with Gasteiger partial charge in [0.25, 0.3) is 10.0 Å². The largest absolute Gasteiger partial charge is 0.496 e. The first-order valence-corrected chi connectivity index (χ1v) is 7.97. The van der Waals surface area contributed by atoms with Gasteiger partial charge in [0.05, 0.1) is 17.3 Å². The van der Waals surface area contributed by atoms with Crippen molar-refractivity contribution in [1.82, 2.24) is 4.98 Å². The number of hydrogen-bond donors (Lipinski definition) is 1. The monoisotopic (exact) mass is 367 g/mol. The van der Waals surface area contributed by atoms with E-state index in [4.69, 9.17) is 10.00 Å². The minimum absolute atomic E-state index is 0.155. The van der Waals surface area contributed by atoms with E-state index in [1.165, 1.54) is 25.4 Å². The lowest BCUT2D eigenvalue weighted by molar-refractivity contribution is 0.412. The van der Waals surface area contributed by atoms with E-state index in [1.807, 2.05) is 0 Å². The SMILES string of the molecule is COc1ccc(NS(=O)(=O)c2cccnc2C#N)cc1Br. The van der Waals surface area contributed by atoms with Crippen LogP contribution < -0.4 is 9.46 Å². The molecular formula is C13H10BrN3O3S. The number of halogens is 1. The zero-order valence-electron chi connectivity index (χ0n) is 10.9. The fourth-order valence-electron chi connectivity index (χ4n) is 1.63. The molecule has 0 bridgehead atoms. The molecule has 0 saturated heterocycles. The maximum Gasteiger partial charge on any atom is 0.264 e. The Morgan fingerprint density at radius 1 is 1.38 bits per heavy atom. The van der Waals surface area contributed by atoms with Crippen molar-refractivity contribution in [3.63, 3.8) is 0 Å². The zero-order chi connectivity index (χ0) is 15.5. The van der Waals surface area contributed by atoms with Gasteiger partial charge < -0.3 is 4.74 Å². The number of nitriles is 1. The highest BCUT2D eigenvalue weighted by atomic mass is 79.9. The van der Waals surface area contributed by atoms with Crippen LogP contribution in [0.2, 0.25) is 0 Å². The predicted molar refractivity (Wildman–Crippen MR) is 80.5 cm³/mol. The number of ether oxygens (including phenoxy) is 1. The Labute approximate surface area is 130 Å². The minimum Gasteiger partial charge on any atom is -0.496 e. The van der Waals surface area contributed by atoms with Crippen LogP contribution in [0.1, 0.15) is 5.69 Å². The maximum atomic E-state index is 12.3. The highest BCUT2D eigenvalue weighted by Crippen LogP contribution is 2.29. The molecular weight excluding hydrogens is 358 g/mol. The number of nitrogens with zero attached hydrogens (tertiary/aromatic N) is 2. The van der Waals surface area contributed by atoms with Gasteiger partial charge in [-0.3, -0.25) is 4.72 Å². The molecule has 0 spiro atoms. The maximum absolute atomic E-state index is 12.3. The molecule has 0 aliphatic heterocycles. The molecule has 0 amide bonds. The average molecular weight is 368 g/mol. The Morgan fingerprint density at radius 2 is 2.14 bits per heavy atom. The molecule has 2 rings (SSSR count). The van der Waals surface area contributed by atoms with Crippen LogP contribution in [-0.4, -0.2) is 20.5 Å². The van der Waals surface area contributed by atoms with Gasteiger partial charge in [0.15, 0.2) is 5.69 Å². The molecule has 1 aromatic carbocycles. The molecule has 0 radical (unpaired) electrons.